The lowest BCUT2D eigenvalue weighted by atomic mass is 10.1. The van der Waals surface area contributed by atoms with Gasteiger partial charge in [0.05, 0.1) is 4.88 Å². The van der Waals surface area contributed by atoms with Gasteiger partial charge in [-0.25, -0.2) is 8.78 Å². The summed E-state index contributed by atoms with van der Waals surface area (Å²) in [5.74, 6) is -0.673. The Labute approximate surface area is 118 Å². The van der Waals surface area contributed by atoms with Crippen molar-refractivity contribution < 1.29 is 13.6 Å². The SMILES string of the molecule is O=C(Cc1ccc(F)cc1)c1cc2ccc(F)cc2s1. The van der Waals surface area contributed by atoms with E-state index in [9.17, 15) is 13.6 Å². The molecule has 0 saturated carbocycles. The third-order valence-electron chi connectivity index (χ3n) is 3.03. The van der Waals surface area contributed by atoms with Gasteiger partial charge in [-0.05, 0) is 41.3 Å². The zero-order valence-electron chi connectivity index (χ0n) is 10.4. The van der Waals surface area contributed by atoms with Crippen molar-refractivity contribution in [2.75, 3.05) is 0 Å². The molecular formula is C16H10F2OS. The number of thiophene rings is 1. The van der Waals surface area contributed by atoms with Crippen molar-refractivity contribution in [3.05, 3.63) is 70.6 Å². The number of fused-ring (bicyclic) bond motifs is 1. The number of carbonyl (C=O) groups excluding carboxylic acids is 1. The van der Waals surface area contributed by atoms with E-state index in [2.05, 4.69) is 0 Å². The molecule has 20 heavy (non-hydrogen) atoms. The highest BCUT2D eigenvalue weighted by atomic mass is 32.1. The highest BCUT2D eigenvalue weighted by Gasteiger charge is 2.11. The van der Waals surface area contributed by atoms with Crippen LogP contribution in [0.5, 0.6) is 0 Å². The van der Waals surface area contributed by atoms with Gasteiger partial charge in [0.2, 0.25) is 0 Å². The molecule has 0 aliphatic carbocycles. The average molecular weight is 288 g/mol. The molecule has 0 radical (unpaired) electrons. The van der Waals surface area contributed by atoms with E-state index in [-0.39, 0.29) is 23.8 Å². The van der Waals surface area contributed by atoms with E-state index >= 15 is 0 Å². The second-order valence-corrected chi connectivity index (χ2v) is 5.60. The van der Waals surface area contributed by atoms with Crippen molar-refractivity contribution in [3.63, 3.8) is 0 Å². The molecule has 0 spiro atoms. The summed E-state index contributed by atoms with van der Waals surface area (Å²) in [5.41, 5.74) is 0.764. The van der Waals surface area contributed by atoms with Gasteiger partial charge in [0.25, 0.3) is 0 Å². The van der Waals surface area contributed by atoms with Crippen LogP contribution in [0, 0.1) is 11.6 Å². The van der Waals surface area contributed by atoms with Crippen LogP contribution in [0.2, 0.25) is 0 Å². The second kappa shape index (κ2) is 5.13. The fourth-order valence-corrected chi connectivity index (χ4v) is 3.04. The highest BCUT2D eigenvalue weighted by Crippen LogP contribution is 2.27. The van der Waals surface area contributed by atoms with Crippen LogP contribution in [0.25, 0.3) is 10.1 Å². The summed E-state index contributed by atoms with van der Waals surface area (Å²) in [6.45, 7) is 0. The molecule has 1 nitrogen and oxygen atoms in total. The molecule has 1 heterocycles. The Balaban J connectivity index is 1.86. The van der Waals surface area contributed by atoms with Gasteiger partial charge in [0, 0.05) is 11.1 Å². The molecule has 100 valence electrons. The van der Waals surface area contributed by atoms with Crippen LogP contribution in [0.1, 0.15) is 15.2 Å². The van der Waals surface area contributed by atoms with Gasteiger partial charge in [-0.2, -0.15) is 0 Å². The van der Waals surface area contributed by atoms with Crippen LogP contribution in [0.4, 0.5) is 8.78 Å². The molecular weight excluding hydrogens is 278 g/mol. The third-order valence-corrected chi connectivity index (χ3v) is 4.17. The number of hydrogen-bond acceptors (Lipinski definition) is 2. The van der Waals surface area contributed by atoms with Crippen LogP contribution in [0.3, 0.4) is 0 Å². The topological polar surface area (TPSA) is 17.1 Å². The predicted octanol–water partition coefficient (Wildman–Crippen LogP) is 4.60. The summed E-state index contributed by atoms with van der Waals surface area (Å²) < 4.78 is 26.7. The maximum Gasteiger partial charge on any atom is 0.177 e. The number of rotatable bonds is 3. The largest absolute Gasteiger partial charge is 0.293 e. The molecule has 0 bridgehead atoms. The molecule has 0 aliphatic rings. The molecule has 3 aromatic rings. The Bertz CT molecular complexity index is 775. The van der Waals surface area contributed by atoms with Crippen molar-refractivity contribution in [1.82, 2.24) is 0 Å². The van der Waals surface area contributed by atoms with Gasteiger partial charge in [-0.15, -0.1) is 11.3 Å². The minimum atomic E-state index is -0.321. The second-order valence-electron chi connectivity index (χ2n) is 4.52. The lowest BCUT2D eigenvalue weighted by Crippen LogP contribution is -2.00. The van der Waals surface area contributed by atoms with Crippen molar-refractivity contribution in [2.45, 2.75) is 6.42 Å². The smallest absolute Gasteiger partial charge is 0.177 e. The van der Waals surface area contributed by atoms with Gasteiger partial charge < -0.3 is 0 Å². The van der Waals surface area contributed by atoms with Crippen molar-refractivity contribution in [1.29, 1.82) is 0 Å². The van der Waals surface area contributed by atoms with Gasteiger partial charge in [0.15, 0.2) is 5.78 Å². The first-order chi connectivity index (χ1) is 9.61. The molecule has 0 amide bonds. The molecule has 0 saturated heterocycles. The minimum Gasteiger partial charge on any atom is -0.293 e. The minimum absolute atomic E-state index is 0.0433. The molecule has 0 unspecified atom stereocenters. The number of ketones is 1. The lowest BCUT2D eigenvalue weighted by molar-refractivity contribution is 0.0997. The number of hydrogen-bond donors (Lipinski definition) is 0. The summed E-state index contributed by atoms with van der Waals surface area (Å²) in [6.07, 6.45) is 0.218. The summed E-state index contributed by atoms with van der Waals surface area (Å²) in [7, 11) is 0. The van der Waals surface area contributed by atoms with Crippen LogP contribution < -0.4 is 0 Å². The molecule has 3 rings (SSSR count). The Hall–Kier alpha value is -2.07. The van der Waals surface area contributed by atoms with Crippen molar-refractivity contribution >= 4 is 27.2 Å². The summed E-state index contributed by atoms with van der Waals surface area (Å²) in [5, 5.41) is 0.860. The molecule has 0 N–H and O–H groups in total. The Kier molecular flexibility index (Phi) is 3.32. The number of carbonyl (C=O) groups is 1. The van der Waals surface area contributed by atoms with Crippen LogP contribution >= 0.6 is 11.3 Å². The van der Waals surface area contributed by atoms with E-state index in [1.54, 1.807) is 24.3 Å². The Morgan fingerprint density at radius 3 is 2.40 bits per heavy atom. The van der Waals surface area contributed by atoms with E-state index in [0.29, 0.717) is 4.88 Å². The third kappa shape index (κ3) is 2.60. The van der Waals surface area contributed by atoms with Gasteiger partial charge >= 0.3 is 0 Å². The number of benzene rings is 2. The first kappa shape index (κ1) is 12.9. The summed E-state index contributed by atoms with van der Waals surface area (Å²) in [4.78, 5) is 12.8. The van der Waals surface area contributed by atoms with Crippen LogP contribution in [0.15, 0.2) is 48.5 Å². The lowest BCUT2D eigenvalue weighted by Gasteiger charge is -1.98. The van der Waals surface area contributed by atoms with Crippen molar-refractivity contribution in [3.8, 4) is 0 Å². The number of Topliss-reactive ketones (excluding diaryl/α,β-unsaturated/α-hetero) is 1. The fourth-order valence-electron chi connectivity index (χ4n) is 2.02. The molecule has 2 aromatic carbocycles. The number of halogens is 2. The molecule has 0 atom stereocenters. The van der Waals surface area contributed by atoms with Crippen molar-refractivity contribution in [2.24, 2.45) is 0 Å². The zero-order valence-corrected chi connectivity index (χ0v) is 11.2. The first-order valence-corrected chi connectivity index (χ1v) is 6.90. The summed E-state index contributed by atoms with van der Waals surface area (Å²) in [6, 6.07) is 12.1. The van der Waals surface area contributed by atoms with Gasteiger partial charge in [0.1, 0.15) is 11.6 Å². The quantitative estimate of drug-likeness (QED) is 0.643. The molecule has 1 aromatic heterocycles. The Morgan fingerprint density at radius 1 is 0.950 bits per heavy atom. The fraction of sp³-hybridized carbons (Fsp3) is 0.0625. The monoisotopic (exact) mass is 288 g/mol. The zero-order chi connectivity index (χ0) is 14.1. The Morgan fingerprint density at radius 2 is 1.65 bits per heavy atom. The molecule has 4 heteroatoms. The van der Waals surface area contributed by atoms with Gasteiger partial charge in [-0.3, -0.25) is 4.79 Å². The maximum atomic E-state index is 13.1. The van der Waals surface area contributed by atoms with E-state index in [1.807, 2.05) is 0 Å². The van der Waals surface area contributed by atoms with E-state index in [1.165, 1.54) is 35.6 Å². The van der Waals surface area contributed by atoms with E-state index in [4.69, 9.17) is 0 Å². The van der Waals surface area contributed by atoms with Crippen LogP contribution in [-0.4, -0.2) is 5.78 Å². The average Bonchev–Trinajstić information content (AvgIpc) is 2.84. The highest BCUT2D eigenvalue weighted by molar-refractivity contribution is 7.20. The molecule has 0 fully saturated rings. The maximum absolute atomic E-state index is 13.1. The first-order valence-electron chi connectivity index (χ1n) is 6.08. The van der Waals surface area contributed by atoms with Gasteiger partial charge in [-0.1, -0.05) is 18.2 Å². The molecule has 0 aliphatic heterocycles. The summed E-state index contributed by atoms with van der Waals surface area (Å²) >= 11 is 1.28. The van der Waals surface area contributed by atoms with E-state index < -0.39 is 0 Å². The predicted molar refractivity (Wildman–Crippen MR) is 76.2 cm³/mol. The standard InChI is InChI=1S/C16H10F2OS/c17-12-4-1-10(2-5-12)7-14(19)16-8-11-3-6-13(18)9-15(11)20-16/h1-6,8-9H,7H2. The van der Waals surface area contributed by atoms with E-state index in [0.717, 1.165) is 15.6 Å². The van der Waals surface area contributed by atoms with Crippen LogP contribution in [-0.2, 0) is 6.42 Å². The normalized spacial score (nSPS) is 10.9.